The predicted molar refractivity (Wildman–Crippen MR) is 125 cm³/mol. The van der Waals surface area contributed by atoms with Gasteiger partial charge < -0.3 is 4.74 Å². The molecule has 0 aliphatic carbocycles. The second-order valence-electron chi connectivity index (χ2n) is 8.64. The van der Waals surface area contributed by atoms with E-state index in [2.05, 4.69) is 10.9 Å². The zero-order valence-electron chi connectivity index (χ0n) is 19.5. The van der Waals surface area contributed by atoms with Crippen LogP contribution in [0.25, 0.3) is 6.08 Å². The maximum Gasteiger partial charge on any atom is 0.247 e. The number of rotatable bonds is 12. The average Bonchev–Trinajstić information content (AvgIpc) is 2.78. The van der Waals surface area contributed by atoms with Crippen molar-refractivity contribution in [1.82, 2.24) is 15.7 Å². The highest BCUT2D eigenvalue weighted by atomic mass is 32.2. The molecule has 10 heteroatoms. The van der Waals surface area contributed by atoms with Gasteiger partial charge in [-0.15, -0.1) is 4.83 Å². The van der Waals surface area contributed by atoms with Crippen molar-refractivity contribution in [3.63, 3.8) is 0 Å². The Labute approximate surface area is 196 Å². The topological polar surface area (TPSA) is 123 Å². The summed E-state index contributed by atoms with van der Waals surface area (Å²) in [6.45, 7) is 4.44. The molecule has 0 radical (unpaired) electrons. The Balaban J connectivity index is 2.17. The van der Waals surface area contributed by atoms with Crippen LogP contribution in [-0.4, -0.2) is 39.4 Å². The van der Waals surface area contributed by atoms with Crippen molar-refractivity contribution >= 4 is 27.9 Å². The Bertz CT molecular complexity index is 883. The molecular weight excluding hydrogens is 446 g/mol. The number of nitrogens with one attached hydrogen (secondary N) is 3. The first kappa shape index (κ1) is 27.0. The van der Waals surface area contributed by atoms with Crippen molar-refractivity contribution < 1.29 is 27.6 Å². The molecule has 0 aromatic heterocycles. The van der Waals surface area contributed by atoms with E-state index >= 15 is 0 Å². The number of amides is 2. The first-order valence-electron chi connectivity index (χ1n) is 11.2. The minimum absolute atomic E-state index is 0.0926. The molecule has 33 heavy (non-hydrogen) atoms. The summed E-state index contributed by atoms with van der Waals surface area (Å²) >= 11 is 0. The quantitative estimate of drug-likeness (QED) is 0.394. The SMILES string of the molecule is CC(C)C[C@@H](C(=O)NNS(C)(=O)=O)[C@H](C/C=C/c1ccccc1)C(=O)NOC1CCCCO1. The third-order valence-corrected chi connectivity index (χ3v) is 5.65. The summed E-state index contributed by atoms with van der Waals surface area (Å²) in [6, 6.07) is 9.60. The minimum atomic E-state index is -3.64. The van der Waals surface area contributed by atoms with Crippen LogP contribution in [0.15, 0.2) is 36.4 Å². The fourth-order valence-electron chi connectivity index (χ4n) is 3.57. The van der Waals surface area contributed by atoms with E-state index in [1.165, 1.54) is 0 Å². The summed E-state index contributed by atoms with van der Waals surface area (Å²) in [6.07, 6.45) is 7.35. The molecule has 184 valence electrons. The molecule has 3 N–H and O–H groups in total. The molecule has 1 aliphatic heterocycles. The molecule has 1 aromatic carbocycles. The number of hydroxylamine groups is 1. The van der Waals surface area contributed by atoms with Gasteiger partial charge in [-0.2, -0.15) is 0 Å². The average molecular weight is 482 g/mol. The second kappa shape index (κ2) is 13.4. The van der Waals surface area contributed by atoms with Crippen molar-refractivity contribution in [2.24, 2.45) is 17.8 Å². The molecule has 3 atom stereocenters. The van der Waals surface area contributed by atoms with Crippen LogP contribution in [0.2, 0.25) is 0 Å². The van der Waals surface area contributed by atoms with Gasteiger partial charge in [-0.25, -0.2) is 18.7 Å². The Morgan fingerprint density at radius 1 is 1.15 bits per heavy atom. The highest BCUT2D eigenvalue weighted by molar-refractivity contribution is 7.88. The van der Waals surface area contributed by atoms with Crippen molar-refractivity contribution in [2.75, 3.05) is 12.9 Å². The van der Waals surface area contributed by atoms with Crippen LogP contribution in [0.4, 0.5) is 0 Å². The Hall–Kier alpha value is -2.27. The third kappa shape index (κ3) is 10.5. The lowest BCUT2D eigenvalue weighted by Crippen LogP contribution is -2.49. The maximum atomic E-state index is 13.1. The molecule has 2 rings (SSSR count). The number of carbonyl (C=O) groups excluding carboxylic acids is 2. The van der Waals surface area contributed by atoms with Crippen LogP contribution in [-0.2, 0) is 29.2 Å². The van der Waals surface area contributed by atoms with E-state index in [1.54, 1.807) is 0 Å². The normalized spacial score (nSPS) is 18.7. The Morgan fingerprint density at radius 2 is 1.88 bits per heavy atom. The predicted octanol–water partition coefficient (Wildman–Crippen LogP) is 2.52. The molecule has 9 nitrogen and oxygen atoms in total. The molecule has 1 heterocycles. The first-order valence-corrected chi connectivity index (χ1v) is 13.1. The lowest BCUT2D eigenvalue weighted by Gasteiger charge is -2.27. The summed E-state index contributed by atoms with van der Waals surface area (Å²) in [5, 5.41) is 0. The largest absolute Gasteiger partial charge is 0.350 e. The van der Waals surface area contributed by atoms with Gasteiger partial charge in [0.15, 0.2) is 6.29 Å². The smallest absolute Gasteiger partial charge is 0.247 e. The highest BCUT2D eigenvalue weighted by Crippen LogP contribution is 2.26. The van der Waals surface area contributed by atoms with Gasteiger partial charge in [0.2, 0.25) is 21.8 Å². The number of sulfonamides is 1. The van der Waals surface area contributed by atoms with Crippen molar-refractivity contribution in [2.45, 2.75) is 52.2 Å². The Kier molecular flexibility index (Phi) is 11.0. The summed E-state index contributed by atoms with van der Waals surface area (Å²) < 4.78 is 28.4. The van der Waals surface area contributed by atoms with Crippen molar-refractivity contribution in [3.05, 3.63) is 42.0 Å². The van der Waals surface area contributed by atoms with E-state index in [-0.39, 0.29) is 12.3 Å². The molecule has 2 amide bonds. The number of allylic oxidation sites excluding steroid dienone is 1. The van der Waals surface area contributed by atoms with Gasteiger partial charge in [0.1, 0.15) is 0 Å². The van der Waals surface area contributed by atoms with E-state index < -0.39 is 40.0 Å². The van der Waals surface area contributed by atoms with Gasteiger partial charge >= 0.3 is 0 Å². The highest BCUT2D eigenvalue weighted by Gasteiger charge is 2.34. The molecule has 1 saturated heterocycles. The van der Waals surface area contributed by atoms with E-state index in [0.29, 0.717) is 19.4 Å². The van der Waals surface area contributed by atoms with Gasteiger partial charge in [0.25, 0.3) is 0 Å². The monoisotopic (exact) mass is 481 g/mol. The summed E-state index contributed by atoms with van der Waals surface area (Å²) in [5.74, 6) is -2.50. The van der Waals surface area contributed by atoms with Crippen LogP contribution >= 0.6 is 0 Å². The van der Waals surface area contributed by atoms with Gasteiger partial charge in [0.05, 0.1) is 18.1 Å². The van der Waals surface area contributed by atoms with Crippen molar-refractivity contribution in [1.29, 1.82) is 0 Å². The third-order valence-electron chi connectivity index (χ3n) is 5.17. The van der Waals surface area contributed by atoms with E-state index in [4.69, 9.17) is 9.57 Å². The number of hydrogen-bond donors (Lipinski definition) is 3. The van der Waals surface area contributed by atoms with E-state index in [1.807, 2.05) is 61.2 Å². The maximum absolute atomic E-state index is 13.1. The van der Waals surface area contributed by atoms with Crippen LogP contribution < -0.4 is 15.7 Å². The van der Waals surface area contributed by atoms with Crippen LogP contribution in [0.5, 0.6) is 0 Å². The lowest BCUT2D eigenvalue weighted by molar-refractivity contribution is -0.203. The molecule has 0 bridgehead atoms. The number of hydrogen-bond acceptors (Lipinski definition) is 6. The standard InChI is InChI=1S/C23H35N3O6S/c1-17(2)16-20(22(27)24-26-33(3,29)30)19(13-9-12-18-10-5-4-6-11-18)23(28)25-32-21-14-7-8-15-31-21/h4-6,9-12,17,19-21,26H,7-8,13-16H2,1-3H3,(H,24,27)(H,25,28)/b12-9+/t19-,20+,21?/m0/s1. The molecular formula is C23H35N3O6S. The zero-order valence-corrected chi connectivity index (χ0v) is 20.3. The van der Waals surface area contributed by atoms with Gasteiger partial charge in [-0.05, 0) is 37.2 Å². The first-order chi connectivity index (χ1) is 15.7. The van der Waals surface area contributed by atoms with Crippen molar-refractivity contribution in [3.8, 4) is 0 Å². The van der Waals surface area contributed by atoms with Gasteiger partial charge in [0, 0.05) is 13.0 Å². The molecule has 0 saturated carbocycles. The number of carbonyl (C=O) groups is 2. The molecule has 0 spiro atoms. The molecule has 1 fully saturated rings. The molecule has 1 unspecified atom stereocenters. The lowest BCUT2D eigenvalue weighted by atomic mass is 9.82. The fraction of sp³-hybridized carbons (Fsp3) is 0.565. The summed E-state index contributed by atoms with van der Waals surface area (Å²) in [5.41, 5.74) is 5.66. The summed E-state index contributed by atoms with van der Waals surface area (Å²) in [7, 11) is -3.64. The van der Waals surface area contributed by atoms with E-state index in [0.717, 1.165) is 24.7 Å². The zero-order chi connectivity index (χ0) is 24.3. The number of ether oxygens (including phenoxy) is 1. The van der Waals surface area contributed by atoms with Crippen LogP contribution in [0.3, 0.4) is 0 Å². The molecule has 1 aromatic rings. The minimum Gasteiger partial charge on any atom is -0.350 e. The second-order valence-corrected chi connectivity index (χ2v) is 10.4. The Morgan fingerprint density at radius 3 is 2.48 bits per heavy atom. The van der Waals surface area contributed by atoms with Crippen LogP contribution in [0, 0.1) is 17.8 Å². The van der Waals surface area contributed by atoms with Gasteiger partial charge in [-0.3, -0.25) is 15.0 Å². The molecule has 1 aliphatic rings. The summed E-state index contributed by atoms with van der Waals surface area (Å²) in [4.78, 5) is 33.5. The number of benzene rings is 1. The number of hydrazine groups is 1. The fourth-order valence-corrected chi connectivity index (χ4v) is 3.86. The van der Waals surface area contributed by atoms with Gasteiger partial charge in [-0.1, -0.05) is 56.3 Å². The van der Waals surface area contributed by atoms with E-state index in [9.17, 15) is 18.0 Å². The van der Waals surface area contributed by atoms with Crippen LogP contribution in [0.1, 0.15) is 51.5 Å².